The van der Waals surface area contributed by atoms with Gasteiger partial charge in [0.25, 0.3) is 5.91 Å². The summed E-state index contributed by atoms with van der Waals surface area (Å²) in [5, 5.41) is 3.04. The van der Waals surface area contributed by atoms with E-state index in [1.165, 1.54) is 31.3 Å². The normalized spacial score (nSPS) is 34.5. The summed E-state index contributed by atoms with van der Waals surface area (Å²) in [6.45, 7) is 3.14. The Morgan fingerprint density at radius 1 is 1.40 bits per heavy atom. The van der Waals surface area contributed by atoms with Crippen molar-refractivity contribution < 1.29 is 4.79 Å². The van der Waals surface area contributed by atoms with E-state index < -0.39 is 0 Å². The molecule has 1 N–H and O–H groups in total. The minimum absolute atomic E-state index is 0.154. The van der Waals surface area contributed by atoms with Crippen LogP contribution in [0.3, 0.4) is 0 Å². The molecule has 0 bridgehead atoms. The number of rotatable bonds is 0. The van der Waals surface area contributed by atoms with Crippen molar-refractivity contribution in [3.8, 4) is 0 Å². The molecule has 0 saturated carbocycles. The van der Waals surface area contributed by atoms with Crippen LogP contribution in [0.15, 0.2) is 22.8 Å². The van der Waals surface area contributed by atoms with Crippen molar-refractivity contribution in [1.82, 2.24) is 5.32 Å². The van der Waals surface area contributed by atoms with Gasteiger partial charge in [0.05, 0.1) is 0 Å². The summed E-state index contributed by atoms with van der Waals surface area (Å²) in [5.74, 6) is 0.154. The molecule has 1 amide bonds. The molecule has 1 saturated heterocycles. The van der Waals surface area contributed by atoms with E-state index in [-0.39, 0.29) is 11.3 Å². The predicted molar refractivity (Wildman–Crippen MR) is 59.3 cm³/mol. The number of amides is 1. The van der Waals surface area contributed by atoms with Gasteiger partial charge in [0.2, 0.25) is 0 Å². The van der Waals surface area contributed by atoms with E-state index in [9.17, 15) is 4.79 Å². The van der Waals surface area contributed by atoms with Gasteiger partial charge in [-0.05, 0) is 37.7 Å². The highest BCUT2D eigenvalue weighted by Gasteiger charge is 2.42. The zero-order valence-corrected chi connectivity index (χ0v) is 9.23. The third kappa shape index (κ3) is 1.20. The van der Waals surface area contributed by atoms with Gasteiger partial charge in [0, 0.05) is 17.5 Å². The molecule has 0 spiro atoms. The molecule has 80 valence electrons. The van der Waals surface area contributed by atoms with Gasteiger partial charge in [-0.1, -0.05) is 18.6 Å². The molecule has 1 aliphatic heterocycles. The Morgan fingerprint density at radius 3 is 3.13 bits per heavy atom. The zero-order chi connectivity index (χ0) is 10.5. The fourth-order valence-electron chi connectivity index (χ4n) is 3.38. The summed E-state index contributed by atoms with van der Waals surface area (Å²) in [4.78, 5) is 11.8. The van der Waals surface area contributed by atoms with Gasteiger partial charge in [-0.2, -0.15) is 0 Å². The van der Waals surface area contributed by atoms with E-state index in [4.69, 9.17) is 0 Å². The van der Waals surface area contributed by atoms with Gasteiger partial charge in [0.15, 0.2) is 0 Å². The number of allylic oxidation sites excluding steroid dienone is 2. The highest BCUT2D eigenvalue weighted by Crippen LogP contribution is 2.48. The van der Waals surface area contributed by atoms with E-state index in [1.54, 1.807) is 5.57 Å². The molecule has 1 heterocycles. The van der Waals surface area contributed by atoms with Crippen molar-refractivity contribution >= 4 is 5.91 Å². The van der Waals surface area contributed by atoms with Gasteiger partial charge in [0.1, 0.15) is 0 Å². The first-order valence-corrected chi connectivity index (χ1v) is 5.92. The number of carbonyl (C=O) groups is 1. The van der Waals surface area contributed by atoms with Crippen molar-refractivity contribution in [1.29, 1.82) is 0 Å². The zero-order valence-electron chi connectivity index (χ0n) is 9.23. The van der Waals surface area contributed by atoms with Gasteiger partial charge in [-0.3, -0.25) is 4.79 Å². The maximum Gasteiger partial charge on any atom is 0.251 e. The summed E-state index contributed by atoms with van der Waals surface area (Å²) in [6, 6.07) is 0. The molecular formula is C13H17NO. The fourth-order valence-corrected chi connectivity index (χ4v) is 3.38. The van der Waals surface area contributed by atoms with Crippen LogP contribution in [0.5, 0.6) is 0 Å². The molecule has 2 aliphatic carbocycles. The third-order valence-corrected chi connectivity index (χ3v) is 4.11. The monoisotopic (exact) mass is 203 g/mol. The average Bonchev–Trinajstić information content (AvgIpc) is 2.25. The number of hydrogen-bond donors (Lipinski definition) is 1. The number of carbonyl (C=O) groups excluding carboxylic acids is 1. The summed E-state index contributed by atoms with van der Waals surface area (Å²) in [5.41, 5.74) is 4.19. The highest BCUT2D eigenvalue weighted by molar-refractivity contribution is 6.00. The molecule has 2 heteroatoms. The second-order valence-corrected chi connectivity index (χ2v) is 5.23. The van der Waals surface area contributed by atoms with Crippen LogP contribution in [0.1, 0.15) is 39.0 Å². The van der Waals surface area contributed by atoms with E-state index >= 15 is 0 Å². The van der Waals surface area contributed by atoms with Crippen molar-refractivity contribution in [3.05, 3.63) is 22.8 Å². The minimum atomic E-state index is 0.154. The quantitative estimate of drug-likeness (QED) is 0.643. The topological polar surface area (TPSA) is 29.1 Å². The maximum absolute atomic E-state index is 11.8. The van der Waals surface area contributed by atoms with E-state index in [0.717, 1.165) is 18.5 Å². The third-order valence-electron chi connectivity index (χ3n) is 4.11. The Morgan fingerprint density at radius 2 is 2.27 bits per heavy atom. The van der Waals surface area contributed by atoms with Crippen molar-refractivity contribution in [2.45, 2.75) is 39.0 Å². The summed E-state index contributed by atoms with van der Waals surface area (Å²) >= 11 is 0. The highest BCUT2D eigenvalue weighted by atomic mass is 16.1. The molecular weight excluding hydrogens is 186 g/mol. The SMILES string of the molecule is CC12CCCC3=C1C(=CCC3)C(=O)NC2. The summed E-state index contributed by atoms with van der Waals surface area (Å²) < 4.78 is 0. The van der Waals surface area contributed by atoms with Crippen molar-refractivity contribution in [2.24, 2.45) is 5.41 Å². The van der Waals surface area contributed by atoms with Crippen LogP contribution in [0.4, 0.5) is 0 Å². The van der Waals surface area contributed by atoms with Crippen molar-refractivity contribution in [2.75, 3.05) is 6.54 Å². The lowest BCUT2D eigenvalue weighted by Crippen LogP contribution is -2.47. The average molecular weight is 203 g/mol. The Labute approximate surface area is 90.4 Å². The van der Waals surface area contributed by atoms with E-state index in [2.05, 4.69) is 18.3 Å². The summed E-state index contributed by atoms with van der Waals surface area (Å²) in [7, 11) is 0. The van der Waals surface area contributed by atoms with Crippen LogP contribution in [-0.4, -0.2) is 12.5 Å². The molecule has 2 nitrogen and oxygen atoms in total. The molecule has 0 aromatic heterocycles. The van der Waals surface area contributed by atoms with Crippen molar-refractivity contribution in [3.63, 3.8) is 0 Å². The molecule has 1 atom stereocenters. The Bertz CT molecular complexity index is 391. The summed E-state index contributed by atoms with van der Waals surface area (Å²) in [6.07, 6.45) is 8.10. The number of nitrogens with one attached hydrogen (secondary N) is 1. The number of hydrogen-bond acceptors (Lipinski definition) is 1. The van der Waals surface area contributed by atoms with Crippen LogP contribution >= 0.6 is 0 Å². The standard InChI is InChI=1S/C13H17NO/c1-13-7-3-5-9-4-2-6-10(11(9)13)12(15)14-8-13/h6H,2-5,7-8H2,1H3,(H,14,15). The molecule has 1 unspecified atom stereocenters. The Balaban J connectivity index is 2.16. The molecule has 1 fully saturated rings. The predicted octanol–water partition coefficient (Wildman–Crippen LogP) is 2.32. The molecule has 15 heavy (non-hydrogen) atoms. The molecule has 0 aromatic carbocycles. The lowest BCUT2D eigenvalue weighted by molar-refractivity contribution is -0.118. The molecule has 3 aliphatic rings. The van der Waals surface area contributed by atoms with Crippen LogP contribution < -0.4 is 5.32 Å². The second-order valence-electron chi connectivity index (χ2n) is 5.23. The lowest BCUT2D eigenvalue weighted by atomic mass is 9.64. The first kappa shape index (κ1) is 9.20. The lowest BCUT2D eigenvalue weighted by Gasteiger charge is -2.44. The second kappa shape index (κ2) is 2.97. The Hall–Kier alpha value is -1.05. The van der Waals surface area contributed by atoms with Crippen LogP contribution in [0.25, 0.3) is 0 Å². The molecule has 0 radical (unpaired) electrons. The first-order valence-electron chi connectivity index (χ1n) is 5.92. The molecule has 0 aromatic rings. The van der Waals surface area contributed by atoms with Crippen LogP contribution in [-0.2, 0) is 4.79 Å². The Kier molecular flexibility index (Phi) is 1.82. The fraction of sp³-hybridized carbons (Fsp3) is 0.615. The number of piperidine rings is 1. The molecule has 3 rings (SSSR count). The smallest absolute Gasteiger partial charge is 0.251 e. The van der Waals surface area contributed by atoms with Gasteiger partial charge in [-0.25, -0.2) is 0 Å². The van der Waals surface area contributed by atoms with Crippen LogP contribution in [0, 0.1) is 5.41 Å². The first-order chi connectivity index (χ1) is 7.21. The van der Waals surface area contributed by atoms with Gasteiger partial charge < -0.3 is 5.32 Å². The van der Waals surface area contributed by atoms with E-state index in [0.29, 0.717) is 0 Å². The maximum atomic E-state index is 11.8. The minimum Gasteiger partial charge on any atom is -0.351 e. The van der Waals surface area contributed by atoms with Gasteiger partial charge in [-0.15, -0.1) is 0 Å². The van der Waals surface area contributed by atoms with Gasteiger partial charge >= 0.3 is 0 Å². The largest absolute Gasteiger partial charge is 0.351 e. The van der Waals surface area contributed by atoms with E-state index in [1.807, 2.05) is 0 Å². The van der Waals surface area contributed by atoms with Crippen LogP contribution in [0.2, 0.25) is 0 Å².